The topological polar surface area (TPSA) is 84.9 Å². The quantitative estimate of drug-likeness (QED) is 0.785. The van der Waals surface area contributed by atoms with Gasteiger partial charge in [-0.2, -0.15) is 0 Å². The molecule has 1 aromatic rings. The summed E-state index contributed by atoms with van der Waals surface area (Å²) in [6.45, 7) is 2.72. The summed E-state index contributed by atoms with van der Waals surface area (Å²) in [6, 6.07) is 4.96. The number of carbonyl (C=O) groups excluding carboxylic acids is 3. The summed E-state index contributed by atoms with van der Waals surface area (Å²) >= 11 is 0. The van der Waals surface area contributed by atoms with E-state index < -0.39 is 0 Å². The number of benzene rings is 1. The second-order valence-corrected chi connectivity index (χ2v) is 6.17. The first kappa shape index (κ1) is 17.4. The van der Waals surface area contributed by atoms with Crippen LogP contribution in [0.1, 0.15) is 36.5 Å². The highest BCUT2D eigenvalue weighted by Gasteiger charge is 2.28. The molecule has 0 radical (unpaired) electrons. The van der Waals surface area contributed by atoms with Gasteiger partial charge in [0.25, 0.3) is 5.91 Å². The van der Waals surface area contributed by atoms with E-state index in [-0.39, 0.29) is 36.9 Å². The Morgan fingerprint density at radius 3 is 2.92 bits per heavy atom. The largest absolute Gasteiger partial charge is 0.482 e. The van der Waals surface area contributed by atoms with Crippen LogP contribution in [0.4, 0.5) is 5.69 Å². The molecule has 1 atom stereocenters. The van der Waals surface area contributed by atoms with Crippen LogP contribution < -0.4 is 15.0 Å². The molecule has 1 fully saturated rings. The molecule has 0 aliphatic carbocycles. The van der Waals surface area contributed by atoms with Gasteiger partial charge in [-0.1, -0.05) is 6.92 Å². The average Bonchev–Trinajstić information content (AvgIpc) is 3.15. The van der Waals surface area contributed by atoms with Crippen molar-refractivity contribution >= 4 is 23.3 Å². The molecule has 1 saturated heterocycles. The van der Waals surface area contributed by atoms with Gasteiger partial charge in [-0.15, -0.1) is 0 Å². The van der Waals surface area contributed by atoms with Gasteiger partial charge in [0.2, 0.25) is 5.91 Å². The molecule has 25 heavy (non-hydrogen) atoms. The Hall–Kier alpha value is -2.41. The highest BCUT2D eigenvalue weighted by Crippen LogP contribution is 2.33. The van der Waals surface area contributed by atoms with Crippen molar-refractivity contribution in [3.63, 3.8) is 0 Å². The predicted octanol–water partition coefficient (Wildman–Crippen LogP) is 1.30. The molecule has 2 amide bonds. The van der Waals surface area contributed by atoms with Crippen molar-refractivity contribution < 1.29 is 23.9 Å². The summed E-state index contributed by atoms with van der Waals surface area (Å²) in [5.41, 5.74) is 0.965. The SMILES string of the molecule is CCC(=O)c1ccc2c(c1)N(CC(=O)NCC1CCCO1)C(=O)CO2. The van der Waals surface area contributed by atoms with Crippen LogP contribution >= 0.6 is 0 Å². The molecule has 0 aromatic heterocycles. The first-order chi connectivity index (χ1) is 12.1. The van der Waals surface area contributed by atoms with Gasteiger partial charge < -0.3 is 14.8 Å². The van der Waals surface area contributed by atoms with E-state index in [0.717, 1.165) is 19.4 Å². The monoisotopic (exact) mass is 346 g/mol. The lowest BCUT2D eigenvalue weighted by Crippen LogP contribution is -2.46. The van der Waals surface area contributed by atoms with Gasteiger partial charge >= 0.3 is 0 Å². The maximum absolute atomic E-state index is 12.2. The third kappa shape index (κ3) is 3.99. The van der Waals surface area contributed by atoms with Gasteiger partial charge in [0, 0.05) is 25.1 Å². The molecule has 134 valence electrons. The zero-order valence-electron chi connectivity index (χ0n) is 14.2. The van der Waals surface area contributed by atoms with E-state index in [4.69, 9.17) is 9.47 Å². The number of hydrogen-bond donors (Lipinski definition) is 1. The Balaban J connectivity index is 1.71. The zero-order chi connectivity index (χ0) is 17.8. The average molecular weight is 346 g/mol. The number of fused-ring (bicyclic) bond motifs is 1. The highest BCUT2D eigenvalue weighted by molar-refractivity contribution is 6.04. The normalized spacial score (nSPS) is 19.3. The molecule has 1 unspecified atom stereocenters. The number of nitrogens with one attached hydrogen (secondary N) is 1. The lowest BCUT2D eigenvalue weighted by atomic mass is 10.1. The second-order valence-electron chi connectivity index (χ2n) is 6.17. The Labute approximate surface area is 146 Å². The fourth-order valence-corrected chi connectivity index (χ4v) is 2.99. The molecule has 7 nitrogen and oxygen atoms in total. The summed E-state index contributed by atoms with van der Waals surface area (Å²) < 4.78 is 10.9. The van der Waals surface area contributed by atoms with E-state index in [1.165, 1.54) is 4.90 Å². The summed E-state index contributed by atoms with van der Waals surface area (Å²) in [7, 11) is 0. The van der Waals surface area contributed by atoms with Crippen molar-refractivity contribution in [2.45, 2.75) is 32.3 Å². The van der Waals surface area contributed by atoms with Crippen LogP contribution in [-0.4, -0.2) is 50.0 Å². The smallest absolute Gasteiger partial charge is 0.265 e. The molecular formula is C18H22N2O5. The maximum Gasteiger partial charge on any atom is 0.265 e. The van der Waals surface area contributed by atoms with Gasteiger partial charge in [-0.25, -0.2) is 0 Å². The molecule has 7 heteroatoms. The minimum atomic E-state index is -0.305. The van der Waals surface area contributed by atoms with Crippen LogP contribution in [0.25, 0.3) is 0 Å². The summed E-state index contributed by atoms with van der Waals surface area (Å²) in [4.78, 5) is 37.7. The Morgan fingerprint density at radius 2 is 2.20 bits per heavy atom. The Morgan fingerprint density at radius 1 is 1.36 bits per heavy atom. The van der Waals surface area contributed by atoms with Crippen LogP contribution in [0.2, 0.25) is 0 Å². The molecule has 0 bridgehead atoms. The van der Waals surface area contributed by atoms with Gasteiger partial charge in [0.05, 0.1) is 11.8 Å². The number of ketones is 1. The molecule has 1 aromatic carbocycles. The van der Waals surface area contributed by atoms with Gasteiger partial charge in [-0.05, 0) is 31.0 Å². The Bertz CT molecular complexity index is 682. The number of Topliss-reactive ketones (excluding diaryl/α,β-unsaturated/α-hetero) is 1. The van der Waals surface area contributed by atoms with Crippen LogP contribution in [0.5, 0.6) is 5.75 Å². The molecule has 1 N–H and O–H groups in total. The van der Waals surface area contributed by atoms with E-state index in [1.807, 2.05) is 0 Å². The van der Waals surface area contributed by atoms with Crippen LogP contribution in [0.3, 0.4) is 0 Å². The lowest BCUT2D eigenvalue weighted by molar-refractivity contribution is -0.125. The number of anilines is 1. The number of hydrogen-bond acceptors (Lipinski definition) is 5. The van der Waals surface area contributed by atoms with Gasteiger partial charge in [-0.3, -0.25) is 19.3 Å². The Kier molecular flexibility index (Phi) is 5.33. The third-order valence-electron chi connectivity index (χ3n) is 4.40. The molecule has 3 rings (SSSR count). The molecule has 0 saturated carbocycles. The maximum atomic E-state index is 12.2. The van der Waals surface area contributed by atoms with Crippen LogP contribution in [0.15, 0.2) is 18.2 Å². The van der Waals surface area contributed by atoms with Crippen molar-refractivity contribution in [2.24, 2.45) is 0 Å². The fraction of sp³-hybridized carbons (Fsp3) is 0.500. The zero-order valence-corrected chi connectivity index (χ0v) is 14.2. The standard InChI is InChI=1S/C18H22N2O5/c1-2-15(21)12-5-6-16-14(8-12)20(18(23)11-25-16)10-17(22)19-9-13-4-3-7-24-13/h5-6,8,13H,2-4,7,9-11H2,1H3,(H,19,22). The number of amides is 2. The molecule has 2 aliphatic heterocycles. The third-order valence-corrected chi connectivity index (χ3v) is 4.40. The number of carbonyl (C=O) groups is 3. The first-order valence-electron chi connectivity index (χ1n) is 8.57. The lowest BCUT2D eigenvalue weighted by Gasteiger charge is -2.29. The molecule has 0 spiro atoms. The van der Waals surface area contributed by atoms with E-state index in [2.05, 4.69) is 5.32 Å². The van der Waals surface area contributed by atoms with E-state index in [1.54, 1.807) is 25.1 Å². The fourth-order valence-electron chi connectivity index (χ4n) is 2.99. The molecular weight excluding hydrogens is 324 g/mol. The van der Waals surface area contributed by atoms with Crippen molar-refractivity contribution in [2.75, 3.05) is 31.2 Å². The van der Waals surface area contributed by atoms with E-state index in [0.29, 0.717) is 30.0 Å². The minimum Gasteiger partial charge on any atom is -0.482 e. The molecule has 2 aliphatic rings. The first-order valence-corrected chi connectivity index (χ1v) is 8.57. The molecule has 2 heterocycles. The van der Waals surface area contributed by atoms with Crippen LogP contribution in [-0.2, 0) is 14.3 Å². The van der Waals surface area contributed by atoms with Crippen molar-refractivity contribution in [3.8, 4) is 5.75 Å². The van der Waals surface area contributed by atoms with E-state index in [9.17, 15) is 14.4 Å². The number of nitrogens with zero attached hydrogens (tertiary/aromatic N) is 1. The number of rotatable bonds is 6. The van der Waals surface area contributed by atoms with Crippen molar-refractivity contribution in [3.05, 3.63) is 23.8 Å². The van der Waals surface area contributed by atoms with Crippen molar-refractivity contribution in [1.29, 1.82) is 0 Å². The van der Waals surface area contributed by atoms with Gasteiger partial charge in [0.15, 0.2) is 12.4 Å². The minimum absolute atomic E-state index is 0.0244. The summed E-state index contributed by atoms with van der Waals surface area (Å²) in [6.07, 6.45) is 2.35. The van der Waals surface area contributed by atoms with E-state index >= 15 is 0 Å². The predicted molar refractivity (Wildman–Crippen MR) is 90.9 cm³/mol. The number of ether oxygens (including phenoxy) is 2. The van der Waals surface area contributed by atoms with Gasteiger partial charge in [0.1, 0.15) is 12.3 Å². The summed E-state index contributed by atoms with van der Waals surface area (Å²) in [5, 5.41) is 2.81. The second kappa shape index (κ2) is 7.65. The highest BCUT2D eigenvalue weighted by atomic mass is 16.5. The van der Waals surface area contributed by atoms with Crippen LogP contribution in [0, 0.1) is 0 Å². The summed E-state index contributed by atoms with van der Waals surface area (Å²) in [5.74, 6) is -0.0902. The van der Waals surface area contributed by atoms with Crippen molar-refractivity contribution in [1.82, 2.24) is 5.32 Å².